The van der Waals surface area contributed by atoms with Gasteiger partial charge in [-0.05, 0) is 140 Å². The Bertz CT molecular complexity index is 1300. The molecular formula is C35H49ClN4O3. The molecule has 2 aliphatic heterocycles. The summed E-state index contributed by atoms with van der Waals surface area (Å²) in [5.41, 5.74) is 3.48. The summed E-state index contributed by atoms with van der Waals surface area (Å²) in [4.78, 5) is 22.2. The highest BCUT2D eigenvalue weighted by Crippen LogP contribution is 2.26. The number of hydrogen-bond acceptors (Lipinski definition) is 6. The second kappa shape index (κ2) is 15.9. The fourth-order valence-electron chi connectivity index (χ4n) is 6.79. The van der Waals surface area contributed by atoms with Gasteiger partial charge in [-0.2, -0.15) is 0 Å². The van der Waals surface area contributed by atoms with Crippen molar-refractivity contribution in [2.75, 3.05) is 45.9 Å². The zero-order valence-electron chi connectivity index (χ0n) is 26.1. The zero-order valence-corrected chi connectivity index (χ0v) is 26.9. The Balaban J connectivity index is 1.02. The summed E-state index contributed by atoms with van der Waals surface area (Å²) in [5.74, 6) is 2.65. The molecule has 2 fully saturated rings. The molecule has 0 amide bonds. The molecule has 3 aromatic rings. The van der Waals surface area contributed by atoms with Crippen molar-refractivity contribution in [1.82, 2.24) is 19.4 Å². The van der Waals surface area contributed by atoms with Crippen LogP contribution in [0.3, 0.4) is 0 Å². The average molecular weight is 609 g/mol. The molecule has 5 rings (SSSR count). The van der Waals surface area contributed by atoms with Gasteiger partial charge in [0.15, 0.2) is 0 Å². The van der Waals surface area contributed by atoms with Crippen LogP contribution in [-0.2, 0) is 22.7 Å². The highest BCUT2D eigenvalue weighted by molar-refractivity contribution is 6.30. The van der Waals surface area contributed by atoms with Gasteiger partial charge in [-0.3, -0.25) is 4.79 Å². The maximum atomic E-state index is 12.1. The van der Waals surface area contributed by atoms with Crippen LogP contribution in [0.1, 0.15) is 69.7 Å². The number of benzene rings is 2. The Morgan fingerprint density at radius 1 is 0.953 bits per heavy atom. The molecule has 0 saturated carbocycles. The van der Waals surface area contributed by atoms with Crippen LogP contribution in [-0.4, -0.2) is 71.2 Å². The normalized spacial score (nSPS) is 18.7. The number of esters is 1. The second-order valence-corrected chi connectivity index (χ2v) is 12.8. The second-order valence-electron chi connectivity index (χ2n) is 12.4. The summed E-state index contributed by atoms with van der Waals surface area (Å²) < 4.78 is 13.7. The number of fused-ring (bicyclic) bond motifs is 1. The highest BCUT2D eigenvalue weighted by Gasteiger charge is 2.26. The number of piperidine rings is 2. The number of ether oxygens (including phenoxy) is 2. The largest absolute Gasteiger partial charge is 0.486 e. The Labute approximate surface area is 262 Å². The molecule has 1 aromatic heterocycles. The number of aromatic nitrogens is 2. The molecule has 1 unspecified atom stereocenters. The van der Waals surface area contributed by atoms with Gasteiger partial charge in [0.25, 0.3) is 0 Å². The Hall–Kier alpha value is -2.61. The minimum atomic E-state index is -0.00726. The molecule has 43 heavy (non-hydrogen) atoms. The monoisotopic (exact) mass is 608 g/mol. The summed E-state index contributed by atoms with van der Waals surface area (Å²) >= 11 is 6.04. The number of unbranched alkanes of at least 4 members (excludes halogenated alkanes) is 1. The summed E-state index contributed by atoms with van der Waals surface area (Å²) in [6.45, 7) is 12.6. The van der Waals surface area contributed by atoms with Crippen molar-refractivity contribution in [1.29, 1.82) is 0 Å². The van der Waals surface area contributed by atoms with Crippen LogP contribution in [0.5, 0.6) is 5.75 Å². The third-order valence-corrected chi connectivity index (χ3v) is 9.52. The van der Waals surface area contributed by atoms with E-state index in [0.717, 1.165) is 68.5 Å². The van der Waals surface area contributed by atoms with Gasteiger partial charge in [0.1, 0.15) is 18.2 Å². The van der Waals surface area contributed by atoms with Crippen LogP contribution in [0.25, 0.3) is 11.0 Å². The van der Waals surface area contributed by atoms with E-state index in [1.807, 2.05) is 31.2 Å². The molecule has 0 aliphatic carbocycles. The maximum absolute atomic E-state index is 12.1. The van der Waals surface area contributed by atoms with E-state index < -0.39 is 0 Å². The number of carbonyl (C=O) groups excluding carboxylic acids is 1. The van der Waals surface area contributed by atoms with Crippen molar-refractivity contribution in [3.8, 4) is 5.75 Å². The molecule has 0 radical (unpaired) electrons. The molecule has 0 N–H and O–H groups in total. The zero-order chi connectivity index (χ0) is 30.0. The van der Waals surface area contributed by atoms with Crippen molar-refractivity contribution in [3.05, 3.63) is 58.9 Å². The van der Waals surface area contributed by atoms with Crippen molar-refractivity contribution >= 4 is 28.6 Å². The summed E-state index contributed by atoms with van der Waals surface area (Å²) in [6.07, 6.45) is 9.52. The third kappa shape index (κ3) is 8.96. The number of rotatable bonds is 14. The first-order valence-corrected chi connectivity index (χ1v) is 16.8. The van der Waals surface area contributed by atoms with Crippen LogP contribution in [0.15, 0.2) is 42.5 Å². The molecule has 1 atom stereocenters. The van der Waals surface area contributed by atoms with E-state index in [2.05, 4.69) is 39.5 Å². The smallest absolute Gasteiger partial charge is 0.310 e. The standard InChI is InChI=1S/C35H49ClN4O3/c1-3-42-35(41)29-11-8-21-39(25-29)20-5-4-19-38-23-17-28(18-24-38)10-7-22-40-32-12-6-9-27(2)34(32)37-33(40)26-43-31-15-13-30(36)14-16-31/h6,9,12-16,28-29H,3-5,7-8,10-11,17-26H2,1-2H3. The SMILES string of the molecule is CCOC(=O)C1CCCN(CCCCN2CCC(CCCn3c(COc4ccc(Cl)cc4)nc4c(C)cccc43)CC2)C1. The minimum absolute atomic E-state index is 0.00726. The van der Waals surface area contributed by atoms with Crippen LogP contribution in [0, 0.1) is 18.8 Å². The fraction of sp³-hybridized carbons (Fsp3) is 0.600. The van der Waals surface area contributed by atoms with Gasteiger partial charge in [0, 0.05) is 18.1 Å². The number of hydrogen-bond donors (Lipinski definition) is 0. The van der Waals surface area contributed by atoms with Crippen molar-refractivity contribution in [2.24, 2.45) is 11.8 Å². The Kier molecular flexibility index (Phi) is 11.8. The van der Waals surface area contributed by atoms with E-state index in [4.69, 9.17) is 26.1 Å². The first-order chi connectivity index (χ1) is 21.0. The van der Waals surface area contributed by atoms with Gasteiger partial charge < -0.3 is 23.8 Å². The number of carbonyl (C=O) groups is 1. The van der Waals surface area contributed by atoms with Crippen molar-refractivity contribution < 1.29 is 14.3 Å². The number of halogens is 1. The van der Waals surface area contributed by atoms with Crippen LogP contribution >= 0.6 is 11.6 Å². The quantitative estimate of drug-likeness (QED) is 0.143. The highest BCUT2D eigenvalue weighted by atomic mass is 35.5. The lowest BCUT2D eigenvalue weighted by Gasteiger charge is -2.33. The summed E-state index contributed by atoms with van der Waals surface area (Å²) in [7, 11) is 0. The van der Waals surface area contributed by atoms with Crippen molar-refractivity contribution in [3.63, 3.8) is 0 Å². The van der Waals surface area contributed by atoms with E-state index >= 15 is 0 Å². The number of aryl methyl sites for hydroxylation is 2. The van der Waals surface area contributed by atoms with E-state index in [9.17, 15) is 4.79 Å². The number of nitrogens with zero attached hydrogens (tertiary/aromatic N) is 4. The number of likely N-dealkylation sites (tertiary alicyclic amines) is 2. The van der Waals surface area contributed by atoms with E-state index in [-0.39, 0.29) is 11.9 Å². The number of imidazole rings is 1. The molecule has 7 nitrogen and oxygen atoms in total. The first-order valence-electron chi connectivity index (χ1n) is 16.4. The average Bonchev–Trinajstić information content (AvgIpc) is 3.38. The van der Waals surface area contributed by atoms with Gasteiger partial charge in [-0.15, -0.1) is 0 Å². The van der Waals surface area contributed by atoms with Crippen LogP contribution < -0.4 is 4.74 Å². The van der Waals surface area contributed by atoms with E-state index in [0.29, 0.717) is 18.2 Å². The predicted octanol–water partition coefficient (Wildman–Crippen LogP) is 7.12. The van der Waals surface area contributed by atoms with Crippen LogP contribution in [0.2, 0.25) is 5.02 Å². The predicted molar refractivity (Wildman–Crippen MR) is 174 cm³/mol. The lowest BCUT2D eigenvalue weighted by atomic mass is 9.92. The lowest BCUT2D eigenvalue weighted by molar-refractivity contribution is -0.149. The molecular weight excluding hydrogens is 560 g/mol. The first kappa shape index (κ1) is 31.8. The molecule has 234 valence electrons. The Morgan fingerprint density at radius 2 is 1.72 bits per heavy atom. The maximum Gasteiger partial charge on any atom is 0.310 e. The topological polar surface area (TPSA) is 59.8 Å². The van der Waals surface area contributed by atoms with Gasteiger partial charge in [-0.1, -0.05) is 23.7 Å². The van der Waals surface area contributed by atoms with Crippen LogP contribution in [0.4, 0.5) is 0 Å². The van der Waals surface area contributed by atoms with Gasteiger partial charge >= 0.3 is 5.97 Å². The number of para-hydroxylation sites is 1. The summed E-state index contributed by atoms with van der Waals surface area (Å²) in [6, 6.07) is 14.0. The molecule has 2 saturated heterocycles. The Morgan fingerprint density at radius 3 is 2.49 bits per heavy atom. The van der Waals surface area contributed by atoms with Gasteiger partial charge in [-0.25, -0.2) is 4.98 Å². The minimum Gasteiger partial charge on any atom is -0.486 e. The molecule has 0 spiro atoms. The third-order valence-electron chi connectivity index (χ3n) is 9.27. The summed E-state index contributed by atoms with van der Waals surface area (Å²) in [5, 5.41) is 0.709. The molecule has 3 heterocycles. The molecule has 0 bridgehead atoms. The van der Waals surface area contributed by atoms with E-state index in [1.54, 1.807) is 0 Å². The molecule has 2 aliphatic rings. The molecule has 8 heteroatoms. The fourth-order valence-corrected chi connectivity index (χ4v) is 6.92. The van der Waals surface area contributed by atoms with Gasteiger partial charge in [0.05, 0.1) is 23.6 Å². The van der Waals surface area contributed by atoms with E-state index in [1.165, 1.54) is 62.8 Å². The van der Waals surface area contributed by atoms with Gasteiger partial charge in [0.2, 0.25) is 0 Å². The molecule has 2 aromatic carbocycles. The van der Waals surface area contributed by atoms with Crippen molar-refractivity contribution in [2.45, 2.75) is 78.4 Å². The lowest BCUT2D eigenvalue weighted by Crippen LogP contribution is -2.40.